The van der Waals surface area contributed by atoms with Gasteiger partial charge in [0.2, 0.25) is 0 Å². The van der Waals surface area contributed by atoms with Crippen LogP contribution in [0.3, 0.4) is 0 Å². The van der Waals surface area contributed by atoms with Gasteiger partial charge in [0.1, 0.15) is 6.04 Å². The summed E-state index contributed by atoms with van der Waals surface area (Å²) in [6, 6.07) is -1.13. The van der Waals surface area contributed by atoms with Crippen molar-refractivity contribution in [2.75, 3.05) is 6.61 Å². The van der Waals surface area contributed by atoms with Crippen LogP contribution in [0.15, 0.2) is 0 Å². The Morgan fingerprint density at radius 3 is 1.03 bits per heavy atom. The number of hydrogen-bond donors (Lipinski definition) is 4. The van der Waals surface area contributed by atoms with Gasteiger partial charge in [0.15, 0.2) is 0 Å². The van der Waals surface area contributed by atoms with Crippen molar-refractivity contribution in [3.8, 4) is 0 Å². The number of carboxylic acids is 2. The molecule has 198 valence electrons. The minimum absolute atomic E-state index is 0.346. The summed E-state index contributed by atoms with van der Waals surface area (Å²) in [7, 11) is 0. The van der Waals surface area contributed by atoms with Gasteiger partial charge in [-0.3, -0.25) is 9.59 Å². The zero-order valence-electron chi connectivity index (χ0n) is 21.6. The van der Waals surface area contributed by atoms with Crippen LogP contribution in [0.5, 0.6) is 0 Å². The van der Waals surface area contributed by atoms with Crippen molar-refractivity contribution in [2.45, 2.75) is 154 Å². The normalized spacial score (nSPS) is 11.6. The minimum Gasteiger partial charge on any atom is -0.481 e. The molecule has 0 aromatic rings. The Kier molecular flexibility index (Phi) is 29.8. The lowest BCUT2D eigenvalue weighted by atomic mass is 10.0. The summed E-state index contributed by atoms with van der Waals surface area (Å²) in [4.78, 5) is 20.0. The highest BCUT2D eigenvalue weighted by molar-refractivity contribution is 5.73. The third kappa shape index (κ3) is 33.1. The van der Waals surface area contributed by atoms with Gasteiger partial charge in [-0.1, -0.05) is 135 Å². The van der Waals surface area contributed by atoms with E-state index in [2.05, 4.69) is 6.92 Å². The predicted octanol–water partition coefficient (Wildman–Crippen LogP) is 7.06. The zero-order chi connectivity index (χ0) is 25.0. The number of unbranched alkanes of at least 4 members (excludes halogenated alkanes) is 20. The Hall–Kier alpha value is -1.14. The summed E-state index contributed by atoms with van der Waals surface area (Å²) in [5.74, 6) is -1.83. The minimum atomic E-state index is -1.18. The molecular formula is C27H55NO5. The summed E-state index contributed by atoms with van der Waals surface area (Å²) in [5.41, 5.74) is 4.77. The molecule has 0 amide bonds. The second kappa shape index (κ2) is 28.9. The van der Waals surface area contributed by atoms with Gasteiger partial charge in [0, 0.05) is 6.42 Å². The van der Waals surface area contributed by atoms with Gasteiger partial charge in [-0.2, -0.15) is 0 Å². The third-order valence-corrected chi connectivity index (χ3v) is 6.01. The molecular weight excluding hydrogens is 418 g/mol. The van der Waals surface area contributed by atoms with Crippen LogP contribution in [-0.4, -0.2) is 39.9 Å². The van der Waals surface area contributed by atoms with Crippen LogP contribution in [0.25, 0.3) is 0 Å². The quantitative estimate of drug-likeness (QED) is 0.111. The van der Waals surface area contributed by atoms with Crippen molar-refractivity contribution in [1.29, 1.82) is 0 Å². The number of hydrogen-bond acceptors (Lipinski definition) is 4. The van der Waals surface area contributed by atoms with Crippen LogP contribution in [0.1, 0.15) is 148 Å². The lowest BCUT2D eigenvalue weighted by Gasteiger charge is -2.04. The highest BCUT2D eigenvalue weighted by atomic mass is 16.4. The van der Waals surface area contributed by atoms with E-state index in [1.54, 1.807) is 0 Å². The monoisotopic (exact) mass is 473 g/mol. The maximum absolute atomic E-state index is 10.4. The maximum atomic E-state index is 10.4. The number of nitrogens with two attached hydrogens (primary N) is 1. The van der Waals surface area contributed by atoms with Gasteiger partial charge >= 0.3 is 11.9 Å². The number of carboxylic acid groups (broad SMARTS) is 2. The van der Waals surface area contributed by atoms with E-state index in [0.29, 0.717) is 6.42 Å². The molecule has 1 atom stereocenters. The van der Waals surface area contributed by atoms with E-state index < -0.39 is 24.6 Å². The first-order valence-electron chi connectivity index (χ1n) is 13.8. The predicted molar refractivity (Wildman–Crippen MR) is 138 cm³/mol. The summed E-state index contributed by atoms with van der Waals surface area (Å²) in [5, 5.41) is 24.5. The molecule has 0 unspecified atom stereocenters. The molecule has 0 aromatic heterocycles. The Morgan fingerprint density at radius 2 is 0.848 bits per heavy atom. The molecule has 0 radical (unpaired) electrons. The van der Waals surface area contributed by atoms with Crippen LogP contribution in [0, 0.1) is 0 Å². The standard InChI is InChI=1S/C24H48O2.C3H7NO3/c1-2-3-4-5-6-7-8-9-10-11-12-13-14-15-16-17-18-19-20-21-22-23-24(25)26;4-2(1-5)3(6)7/h2-23H2,1H3,(H,25,26);2,5H,1,4H2,(H,6,7)/t;2-/m.0/s1. The first-order valence-corrected chi connectivity index (χ1v) is 13.8. The Bertz CT molecular complexity index is 417. The fraction of sp³-hybridized carbons (Fsp3) is 0.926. The molecule has 0 heterocycles. The Morgan fingerprint density at radius 1 is 0.576 bits per heavy atom. The number of aliphatic hydroxyl groups is 1. The Balaban J connectivity index is 0. The summed E-state index contributed by atoms with van der Waals surface area (Å²) in [6.07, 6.45) is 29.1. The second-order valence-electron chi connectivity index (χ2n) is 9.34. The van der Waals surface area contributed by atoms with Crippen LogP contribution < -0.4 is 5.73 Å². The van der Waals surface area contributed by atoms with Crippen LogP contribution in [0.4, 0.5) is 0 Å². The van der Waals surface area contributed by atoms with Gasteiger partial charge in [0.05, 0.1) is 6.61 Å². The molecule has 6 nitrogen and oxygen atoms in total. The van der Waals surface area contributed by atoms with Crippen molar-refractivity contribution in [3.05, 3.63) is 0 Å². The molecule has 0 aliphatic heterocycles. The summed E-state index contributed by atoms with van der Waals surface area (Å²) >= 11 is 0. The number of aliphatic carboxylic acids is 2. The molecule has 0 spiro atoms. The average Bonchev–Trinajstić information content (AvgIpc) is 2.79. The molecule has 0 saturated heterocycles. The fourth-order valence-electron chi connectivity index (χ4n) is 3.79. The van der Waals surface area contributed by atoms with E-state index in [1.165, 1.54) is 122 Å². The molecule has 0 aromatic carbocycles. The zero-order valence-corrected chi connectivity index (χ0v) is 21.6. The van der Waals surface area contributed by atoms with Crippen LogP contribution in [-0.2, 0) is 9.59 Å². The first kappa shape index (κ1) is 34.0. The van der Waals surface area contributed by atoms with Gasteiger partial charge in [-0.15, -0.1) is 0 Å². The average molecular weight is 474 g/mol. The van der Waals surface area contributed by atoms with E-state index in [9.17, 15) is 9.59 Å². The molecule has 0 rings (SSSR count). The highest BCUT2D eigenvalue weighted by Crippen LogP contribution is 2.15. The van der Waals surface area contributed by atoms with Crippen molar-refractivity contribution < 1.29 is 24.9 Å². The summed E-state index contributed by atoms with van der Waals surface area (Å²) in [6.45, 7) is 1.78. The van der Waals surface area contributed by atoms with Gasteiger partial charge in [-0.25, -0.2) is 0 Å². The molecule has 5 N–H and O–H groups in total. The van der Waals surface area contributed by atoms with Crippen molar-refractivity contribution in [1.82, 2.24) is 0 Å². The van der Waals surface area contributed by atoms with Gasteiger partial charge < -0.3 is 21.1 Å². The van der Waals surface area contributed by atoms with E-state index in [-0.39, 0.29) is 0 Å². The smallest absolute Gasteiger partial charge is 0.322 e. The largest absolute Gasteiger partial charge is 0.481 e. The van der Waals surface area contributed by atoms with E-state index in [4.69, 9.17) is 21.1 Å². The molecule has 6 heteroatoms. The Labute approximate surface area is 203 Å². The van der Waals surface area contributed by atoms with Crippen molar-refractivity contribution >= 4 is 11.9 Å². The van der Waals surface area contributed by atoms with Gasteiger partial charge in [-0.05, 0) is 6.42 Å². The SMILES string of the molecule is CCCCCCCCCCCCCCCCCCCCCCCC(=O)O.N[C@@H](CO)C(=O)O. The molecule has 0 aliphatic rings. The lowest BCUT2D eigenvalue weighted by Crippen LogP contribution is -2.33. The van der Waals surface area contributed by atoms with E-state index in [1.807, 2.05) is 0 Å². The van der Waals surface area contributed by atoms with Crippen molar-refractivity contribution in [2.24, 2.45) is 5.73 Å². The molecule has 33 heavy (non-hydrogen) atoms. The number of aliphatic hydroxyl groups excluding tert-OH is 1. The van der Waals surface area contributed by atoms with Gasteiger partial charge in [0.25, 0.3) is 0 Å². The highest BCUT2D eigenvalue weighted by Gasteiger charge is 2.07. The van der Waals surface area contributed by atoms with Crippen LogP contribution in [0.2, 0.25) is 0 Å². The first-order chi connectivity index (χ1) is 16.0. The molecule has 0 saturated carbocycles. The van der Waals surface area contributed by atoms with E-state index >= 15 is 0 Å². The van der Waals surface area contributed by atoms with Crippen molar-refractivity contribution in [3.63, 3.8) is 0 Å². The topological polar surface area (TPSA) is 121 Å². The van der Waals surface area contributed by atoms with Crippen LogP contribution >= 0.6 is 0 Å². The lowest BCUT2D eigenvalue weighted by molar-refractivity contribution is -0.139. The third-order valence-electron chi connectivity index (χ3n) is 6.01. The number of carbonyl (C=O) groups is 2. The molecule has 0 bridgehead atoms. The molecule has 0 fully saturated rings. The fourth-order valence-corrected chi connectivity index (χ4v) is 3.79. The second-order valence-corrected chi connectivity index (χ2v) is 9.34. The summed E-state index contributed by atoms with van der Waals surface area (Å²) < 4.78 is 0. The number of rotatable bonds is 24. The maximum Gasteiger partial charge on any atom is 0.322 e. The molecule has 0 aliphatic carbocycles. The van der Waals surface area contributed by atoms with E-state index in [0.717, 1.165) is 12.8 Å².